The second-order valence-corrected chi connectivity index (χ2v) is 8.01. The van der Waals surface area contributed by atoms with Crippen LogP contribution in [-0.4, -0.2) is 36.5 Å². The van der Waals surface area contributed by atoms with Crippen molar-refractivity contribution in [2.45, 2.75) is 45.7 Å². The average Bonchev–Trinajstić information content (AvgIpc) is 2.66. The van der Waals surface area contributed by atoms with Gasteiger partial charge in [-0.05, 0) is 98.8 Å². The topological polar surface area (TPSA) is 56.7 Å². The zero-order valence-electron chi connectivity index (χ0n) is 16.4. The smallest absolute Gasteiger partial charge is 0.121 e. The van der Waals surface area contributed by atoms with E-state index < -0.39 is 0 Å². The molecule has 0 amide bonds. The Morgan fingerprint density at radius 1 is 1.11 bits per heavy atom. The van der Waals surface area contributed by atoms with Gasteiger partial charge in [0.2, 0.25) is 0 Å². The zero-order valence-corrected chi connectivity index (χ0v) is 16.4. The van der Waals surface area contributed by atoms with Gasteiger partial charge in [-0.2, -0.15) is 0 Å². The summed E-state index contributed by atoms with van der Waals surface area (Å²) in [5.41, 5.74) is 6.78. The van der Waals surface area contributed by atoms with Crippen LogP contribution in [0.2, 0.25) is 0 Å². The molecule has 3 N–H and O–H groups in total. The molecule has 0 radical (unpaired) electrons. The number of phenols is 1. The zero-order chi connectivity index (χ0) is 19.0. The largest absolute Gasteiger partial charge is 0.507 e. The minimum absolute atomic E-state index is 0.242. The van der Waals surface area contributed by atoms with E-state index in [2.05, 4.69) is 52.9 Å². The van der Waals surface area contributed by atoms with Gasteiger partial charge in [0, 0.05) is 23.9 Å². The highest BCUT2D eigenvalue weighted by Gasteiger charge is 2.30. The van der Waals surface area contributed by atoms with Crippen molar-refractivity contribution in [1.29, 1.82) is 0 Å². The van der Waals surface area contributed by atoms with Crippen LogP contribution in [-0.2, 0) is 0 Å². The Bertz CT molecular complexity index is 833. The number of piperidine rings is 1. The van der Waals surface area contributed by atoms with E-state index in [9.17, 15) is 5.11 Å². The SMILES string of the molecule is Cc1cc(C2=CC3=CC=NC(C)C3C(NC3CCNCC3)=C2)cc(C)c1O. The summed E-state index contributed by atoms with van der Waals surface area (Å²) in [5.74, 6) is 0.690. The summed E-state index contributed by atoms with van der Waals surface area (Å²) >= 11 is 0. The number of hydrogen-bond donors (Lipinski definition) is 3. The van der Waals surface area contributed by atoms with E-state index in [0.29, 0.717) is 17.7 Å². The number of aromatic hydroxyl groups is 1. The summed E-state index contributed by atoms with van der Waals surface area (Å²) in [7, 11) is 0. The van der Waals surface area contributed by atoms with Crippen LogP contribution in [0.1, 0.15) is 36.5 Å². The molecule has 2 heterocycles. The van der Waals surface area contributed by atoms with E-state index in [4.69, 9.17) is 0 Å². The van der Waals surface area contributed by atoms with Crippen molar-refractivity contribution in [1.82, 2.24) is 10.6 Å². The maximum atomic E-state index is 10.1. The molecule has 1 aromatic carbocycles. The Labute approximate surface area is 161 Å². The molecular weight excluding hydrogens is 334 g/mol. The Balaban J connectivity index is 1.72. The fourth-order valence-electron chi connectivity index (χ4n) is 4.41. The number of nitrogens with one attached hydrogen (secondary N) is 2. The third-order valence-electron chi connectivity index (χ3n) is 5.93. The molecule has 2 aliphatic heterocycles. The molecule has 142 valence electrons. The highest BCUT2D eigenvalue weighted by atomic mass is 16.3. The molecule has 0 spiro atoms. The molecule has 4 rings (SSSR count). The lowest BCUT2D eigenvalue weighted by atomic mass is 9.80. The van der Waals surface area contributed by atoms with Gasteiger partial charge in [-0.15, -0.1) is 0 Å². The summed E-state index contributed by atoms with van der Waals surface area (Å²) in [5, 5.41) is 17.4. The van der Waals surface area contributed by atoms with Crippen LogP contribution >= 0.6 is 0 Å². The van der Waals surface area contributed by atoms with E-state index >= 15 is 0 Å². The Morgan fingerprint density at radius 3 is 2.52 bits per heavy atom. The van der Waals surface area contributed by atoms with Crippen molar-refractivity contribution in [3.63, 3.8) is 0 Å². The highest BCUT2D eigenvalue weighted by molar-refractivity contribution is 5.84. The third-order valence-corrected chi connectivity index (χ3v) is 5.93. The number of hydrogen-bond acceptors (Lipinski definition) is 4. The van der Waals surface area contributed by atoms with Crippen LogP contribution in [0.25, 0.3) is 5.57 Å². The van der Waals surface area contributed by atoms with Crippen molar-refractivity contribution in [2.24, 2.45) is 10.9 Å². The molecule has 1 aromatic rings. The molecule has 2 atom stereocenters. The second kappa shape index (κ2) is 7.35. The molecule has 4 nitrogen and oxygen atoms in total. The van der Waals surface area contributed by atoms with E-state index in [0.717, 1.165) is 42.6 Å². The first-order chi connectivity index (χ1) is 13.0. The molecule has 1 fully saturated rings. The van der Waals surface area contributed by atoms with Gasteiger partial charge in [0.15, 0.2) is 0 Å². The quantitative estimate of drug-likeness (QED) is 0.768. The molecule has 1 aliphatic carbocycles. The van der Waals surface area contributed by atoms with Crippen molar-refractivity contribution >= 4 is 11.8 Å². The van der Waals surface area contributed by atoms with Crippen molar-refractivity contribution in [3.8, 4) is 5.75 Å². The summed E-state index contributed by atoms with van der Waals surface area (Å²) < 4.78 is 0. The van der Waals surface area contributed by atoms with Gasteiger partial charge in [-0.3, -0.25) is 4.99 Å². The van der Waals surface area contributed by atoms with Gasteiger partial charge < -0.3 is 15.7 Å². The number of aliphatic imine (C=N–C) groups is 1. The summed E-state index contributed by atoms with van der Waals surface area (Å²) in [4.78, 5) is 4.64. The van der Waals surface area contributed by atoms with Crippen molar-refractivity contribution in [2.75, 3.05) is 13.1 Å². The lowest BCUT2D eigenvalue weighted by molar-refractivity contribution is 0.392. The molecule has 1 saturated heterocycles. The van der Waals surface area contributed by atoms with Gasteiger partial charge in [0.25, 0.3) is 0 Å². The number of rotatable bonds is 3. The highest BCUT2D eigenvalue weighted by Crippen LogP contribution is 2.38. The summed E-state index contributed by atoms with van der Waals surface area (Å²) in [6.45, 7) is 8.27. The minimum Gasteiger partial charge on any atom is -0.507 e. The molecule has 2 unspecified atom stereocenters. The molecule has 0 bridgehead atoms. The Kier molecular flexibility index (Phi) is 4.92. The maximum Gasteiger partial charge on any atom is 0.121 e. The number of aryl methyl sites for hydroxylation is 2. The lowest BCUT2D eigenvalue weighted by Crippen LogP contribution is -2.42. The summed E-state index contributed by atoms with van der Waals surface area (Å²) in [6.07, 6.45) is 11.0. The minimum atomic E-state index is 0.242. The van der Waals surface area contributed by atoms with Crippen LogP contribution < -0.4 is 10.6 Å². The Hall–Kier alpha value is -2.33. The van der Waals surface area contributed by atoms with Crippen LogP contribution in [0.3, 0.4) is 0 Å². The molecule has 3 aliphatic rings. The molecular formula is C23H29N3O. The fourth-order valence-corrected chi connectivity index (χ4v) is 4.41. The van der Waals surface area contributed by atoms with Crippen molar-refractivity contribution in [3.05, 3.63) is 58.3 Å². The molecule has 0 saturated carbocycles. The molecule has 4 heteroatoms. The number of dihydropyridines is 1. The van der Waals surface area contributed by atoms with E-state index in [1.165, 1.54) is 16.8 Å². The van der Waals surface area contributed by atoms with Crippen molar-refractivity contribution < 1.29 is 5.11 Å². The van der Waals surface area contributed by atoms with Gasteiger partial charge >= 0.3 is 0 Å². The van der Waals surface area contributed by atoms with Gasteiger partial charge in [-0.25, -0.2) is 0 Å². The first-order valence-corrected chi connectivity index (χ1v) is 9.97. The molecule has 0 aromatic heterocycles. The standard InChI is InChI=1S/C23H29N3O/c1-14-10-18(11-15(2)23(14)27)19-12-17-4-9-25-16(3)22(17)21(13-19)26-20-5-7-24-8-6-20/h4,9-13,16,20,22,24,26-27H,5-8H2,1-3H3. The number of phenolic OH excluding ortho intramolecular Hbond substituents is 1. The number of fused-ring (bicyclic) bond motifs is 1. The van der Waals surface area contributed by atoms with Gasteiger partial charge in [0.1, 0.15) is 5.75 Å². The predicted molar refractivity (Wildman–Crippen MR) is 112 cm³/mol. The van der Waals surface area contributed by atoms with Gasteiger partial charge in [-0.1, -0.05) is 6.08 Å². The monoisotopic (exact) mass is 363 g/mol. The van der Waals surface area contributed by atoms with Crippen LogP contribution in [0.4, 0.5) is 0 Å². The van der Waals surface area contributed by atoms with E-state index in [1.807, 2.05) is 20.1 Å². The molecule has 27 heavy (non-hydrogen) atoms. The number of allylic oxidation sites excluding steroid dienone is 4. The Morgan fingerprint density at radius 2 is 1.81 bits per heavy atom. The number of benzene rings is 1. The van der Waals surface area contributed by atoms with E-state index in [-0.39, 0.29) is 6.04 Å². The van der Waals surface area contributed by atoms with Crippen LogP contribution in [0, 0.1) is 19.8 Å². The average molecular weight is 364 g/mol. The predicted octanol–water partition coefficient (Wildman–Crippen LogP) is 3.65. The van der Waals surface area contributed by atoms with Crippen LogP contribution in [0.5, 0.6) is 5.75 Å². The first kappa shape index (κ1) is 18.1. The first-order valence-electron chi connectivity index (χ1n) is 9.97. The normalized spacial score (nSPS) is 25.4. The van der Waals surface area contributed by atoms with Gasteiger partial charge in [0.05, 0.1) is 6.04 Å². The lowest BCUT2D eigenvalue weighted by Gasteiger charge is -2.35. The van der Waals surface area contributed by atoms with Crippen LogP contribution in [0.15, 0.2) is 46.6 Å². The fraction of sp³-hybridized carbons (Fsp3) is 0.435. The number of nitrogens with zero attached hydrogens (tertiary/aromatic N) is 1. The maximum absolute atomic E-state index is 10.1. The van der Waals surface area contributed by atoms with E-state index in [1.54, 1.807) is 0 Å². The third kappa shape index (κ3) is 3.59. The summed E-state index contributed by atoms with van der Waals surface area (Å²) in [6, 6.07) is 4.91. The second-order valence-electron chi connectivity index (χ2n) is 8.01.